The number of anilines is 1. The predicted molar refractivity (Wildman–Crippen MR) is 88.5 cm³/mol. The van der Waals surface area contributed by atoms with Crippen molar-refractivity contribution in [3.8, 4) is 0 Å². The summed E-state index contributed by atoms with van der Waals surface area (Å²) in [6.07, 6.45) is 2.16. The first-order valence-corrected chi connectivity index (χ1v) is 8.08. The number of aromatic nitrogens is 1. The zero-order chi connectivity index (χ0) is 14.7. The van der Waals surface area contributed by atoms with Crippen molar-refractivity contribution < 1.29 is 4.74 Å². The highest BCUT2D eigenvalue weighted by Crippen LogP contribution is 2.29. The Bertz CT molecular complexity index is 603. The number of pyridine rings is 1. The van der Waals surface area contributed by atoms with E-state index in [2.05, 4.69) is 50.5 Å². The predicted octanol–water partition coefficient (Wildman–Crippen LogP) is 4.48. The van der Waals surface area contributed by atoms with Gasteiger partial charge in [-0.2, -0.15) is 0 Å². The molecule has 0 aliphatic carbocycles. The zero-order valence-corrected chi connectivity index (χ0v) is 13.6. The minimum atomic E-state index is 0.175. The largest absolute Gasteiger partial charge is 0.373 e. The van der Waals surface area contributed by atoms with Gasteiger partial charge in [-0.3, -0.25) is 0 Å². The van der Waals surface area contributed by atoms with Gasteiger partial charge in [-0.05, 0) is 53.4 Å². The Hall–Kier alpha value is -1.39. The lowest BCUT2D eigenvalue weighted by atomic mass is 9.97. The third-order valence-corrected chi connectivity index (χ3v) is 4.67. The summed E-state index contributed by atoms with van der Waals surface area (Å²) in [6.45, 7) is 2.79. The highest BCUT2D eigenvalue weighted by atomic mass is 79.9. The summed E-state index contributed by atoms with van der Waals surface area (Å²) in [5.41, 5.74) is 2.26. The fourth-order valence-corrected chi connectivity index (χ4v) is 2.88. The van der Waals surface area contributed by atoms with Gasteiger partial charge < -0.3 is 10.1 Å². The van der Waals surface area contributed by atoms with E-state index in [4.69, 9.17) is 4.74 Å². The molecule has 0 radical (unpaired) electrons. The number of hydrogen-bond donors (Lipinski definition) is 1. The molecule has 3 rings (SSSR count). The average molecular weight is 347 g/mol. The summed E-state index contributed by atoms with van der Waals surface area (Å²) in [5, 5.41) is 3.54. The third kappa shape index (κ3) is 3.63. The third-order valence-electron chi connectivity index (χ3n) is 3.83. The molecule has 1 aromatic heterocycles. The van der Waals surface area contributed by atoms with Gasteiger partial charge >= 0.3 is 0 Å². The molecule has 110 valence electrons. The summed E-state index contributed by atoms with van der Waals surface area (Å²) in [7, 11) is 0. The van der Waals surface area contributed by atoms with Crippen molar-refractivity contribution in [2.45, 2.75) is 31.9 Å². The molecule has 3 nitrogen and oxygen atoms in total. The van der Waals surface area contributed by atoms with Crippen LogP contribution in [0.15, 0.2) is 46.9 Å². The lowest BCUT2D eigenvalue weighted by molar-refractivity contribution is 0.00974. The first kappa shape index (κ1) is 14.5. The van der Waals surface area contributed by atoms with Crippen molar-refractivity contribution in [1.82, 2.24) is 4.98 Å². The van der Waals surface area contributed by atoms with Gasteiger partial charge in [0.2, 0.25) is 0 Å². The molecule has 1 aliphatic heterocycles. The van der Waals surface area contributed by atoms with Gasteiger partial charge in [-0.1, -0.05) is 30.3 Å². The monoisotopic (exact) mass is 346 g/mol. The molecule has 1 aromatic carbocycles. The highest BCUT2D eigenvalue weighted by Gasteiger charge is 2.24. The number of rotatable bonds is 3. The maximum Gasteiger partial charge on any atom is 0.126 e. The SMILES string of the molecule is Cc1nc(NC2CCOC(c3ccccc3)C2)ccc1Br. The molecule has 2 heterocycles. The van der Waals surface area contributed by atoms with E-state index in [1.54, 1.807) is 0 Å². The van der Waals surface area contributed by atoms with Gasteiger partial charge in [0.1, 0.15) is 5.82 Å². The Labute approximate surface area is 133 Å². The fraction of sp³-hybridized carbons (Fsp3) is 0.353. The van der Waals surface area contributed by atoms with E-state index in [0.717, 1.165) is 35.4 Å². The van der Waals surface area contributed by atoms with Gasteiger partial charge in [-0.25, -0.2) is 4.98 Å². The highest BCUT2D eigenvalue weighted by molar-refractivity contribution is 9.10. The van der Waals surface area contributed by atoms with Crippen LogP contribution in [-0.2, 0) is 4.74 Å². The van der Waals surface area contributed by atoms with E-state index in [-0.39, 0.29) is 6.10 Å². The van der Waals surface area contributed by atoms with Crippen LogP contribution in [0.5, 0.6) is 0 Å². The Kier molecular flexibility index (Phi) is 4.56. The zero-order valence-electron chi connectivity index (χ0n) is 12.1. The number of hydrogen-bond acceptors (Lipinski definition) is 3. The molecule has 1 N–H and O–H groups in total. The van der Waals surface area contributed by atoms with Crippen LogP contribution in [0.1, 0.15) is 30.2 Å². The number of nitrogens with zero attached hydrogens (tertiary/aromatic N) is 1. The van der Waals surface area contributed by atoms with Gasteiger partial charge in [0.05, 0.1) is 11.8 Å². The quantitative estimate of drug-likeness (QED) is 0.889. The number of benzene rings is 1. The number of aryl methyl sites for hydroxylation is 1. The molecular weight excluding hydrogens is 328 g/mol. The molecule has 0 spiro atoms. The number of ether oxygens (including phenoxy) is 1. The fourth-order valence-electron chi connectivity index (χ4n) is 2.66. The molecule has 4 heteroatoms. The second kappa shape index (κ2) is 6.58. The normalized spacial score (nSPS) is 22.0. The Morgan fingerprint density at radius 2 is 2.00 bits per heavy atom. The molecule has 0 amide bonds. The van der Waals surface area contributed by atoms with E-state index < -0.39 is 0 Å². The standard InChI is InChI=1S/C17H19BrN2O/c1-12-15(18)7-8-17(19-12)20-14-9-10-21-16(11-14)13-5-3-2-4-6-13/h2-8,14,16H,9-11H2,1H3,(H,19,20). The first-order chi connectivity index (χ1) is 10.2. The van der Waals surface area contributed by atoms with Crippen LogP contribution in [0.2, 0.25) is 0 Å². The minimum absolute atomic E-state index is 0.175. The van der Waals surface area contributed by atoms with Gasteiger partial charge in [0, 0.05) is 17.1 Å². The van der Waals surface area contributed by atoms with E-state index >= 15 is 0 Å². The molecule has 1 aliphatic rings. The van der Waals surface area contributed by atoms with E-state index in [0.29, 0.717) is 6.04 Å². The summed E-state index contributed by atoms with van der Waals surface area (Å²) in [4.78, 5) is 4.57. The Morgan fingerprint density at radius 3 is 2.76 bits per heavy atom. The van der Waals surface area contributed by atoms with Crippen molar-refractivity contribution in [2.24, 2.45) is 0 Å². The van der Waals surface area contributed by atoms with E-state index in [9.17, 15) is 0 Å². The molecule has 1 fully saturated rings. The lowest BCUT2D eigenvalue weighted by Crippen LogP contribution is -2.30. The van der Waals surface area contributed by atoms with Crippen molar-refractivity contribution >= 4 is 21.7 Å². The number of nitrogens with one attached hydrogen (secondary N) is 1. The summed E-state index contributed by atoms with van der Waals surface area (Å²) >= 11 is 3.48. The summed E-state index contributed by atoms with van der Waals surface area (Å²) in [6, 6.07) is 14.9. The van der Waals surface area contributed by atoms with Gasteiger partial charge in [-0.15, -0.1) is 0 Å². The molecule has 2 aromatic rings. The second-order valence-corrected chi connectivity index (χ2v) is 6.25. The maximum atomic E-state index is 5.91. The van der Waals surface area contributed by atoms with Gasteiger partial charge in [0.25, 0.3) is 0 Å². The smallest absolute Gasteiger partial charge is 0.126 e. The van der Waals surface area contributed by atoms with Crippen LogP contribution in [0.4, 0.5) is 5.82 Å². The van der Waals surface area contributed by atoms with Crippen molar-refractivity contribution in [1.29, 1.82) is 0 Å². The molecule has 1 saturated heterocycles. The van der Waals surface area contributed by atoms with Crippen LogP contribution in [0.3, 0.4) is 0 Å². The van der Waals surface area contributed by atoms with Crippen molar-refractivity contribution in [3.63, 3.8) is 0 Å². The van der Waals surface area contributed by atoms with Crippen LogP contribution in [-0.4, -0.2) is 17.6 Å². The van der Waals surface area contributed by atoms with Crippen LogP contribution in [0.25, 0.3) is 0 Å². The van der Waals surface area contributed by atoms with Crippen LogP contribution >= 0.6 is 15.9 Å². The van der Waals surface area contributed by atoms with Gasteiger partial charge in [0.15, 0.2) is 0 Å². The van der Waals surface area contributed by atoms with Crippen LogP contribution < -0.4 is 5.32 Å². The molecule has 0 saturated carbocycles. The summed E-state index contributed by atoms with van der Waals surface area (Å²) < 4.78 is 6.95. The van der Waals surface area contributed by atoms with E-state index in [1.165, 1.54) is 5.56 Å². The molecular formula is C17H19BrN2O. The number of halogens is 1. The first-order valence-electron chi connectivity index (χ1n) is 7.28. The minimum Gasteiger partial charge on any atom is -0.373 e. The molecule has 0 bridgehead atoms. The Morgan fingerprint density at radius 1 is 1.19 bits per heavy atom. The summed E-state index contributed by atoms with van der Waals surface area (Å²) in [5.74, 6) is 0.939. The molecule has 2 unspecified atom stereocenters. The van der Waals surface area contributed by atoms with Crippen molar-refractivity contribution in [3.05, 3.63) is 58.2 Å². The second-order valence-electron chi connectivity index (χ2n) is 5.40. The van der Waals surface area contributed by atoms with Crippen molar-refractivity contribution in [2.75, 3.05) is 11.9 Å². The lowest BCUT2D eigenvalue weighted by Gasteiger charge is -2.30. The Balaban J connectivity index is 1.67. The topological polar surface area (TPSA) is 34.2 Å². The average Bonchev–Trinajstić information content (AvgIpc) is 2.52. The molecule has 21 heavy (non-hydrogen) atoms. The van der Waals surface area contributed by atoms with Crippen LogP contribution in [0, 0.1) is 6.92 Å². The van der Waals surface area contributed by atoms with E-state index in [1.807, 2.05) is 25.1 Å². The molecule has 2 atom stereocenters. The maximum absolute atomic E-state index is 5.91.